The van der Waals surface area contributed by atoms with Crippen molar-refractivity contribution in [2.75, 3.05) is 45.3 Å². The molecule has 0 saturated heterocycles. The van der Waals surface area contributed by atoms with E-state index in [2.05, 4.69) is 18.7 Å². The van der Waals surface area contributed by atoms with Gasteiger partial charge in [0, 0.05) is 24.2 Å². The number of nitrogens with zero attached hydrogens (tertiary/aromatic N) is 3. The summed E-state index contributed by atoms with van der Waals surface area (Å²) in [5, 5.41) is 1.35. The number of carbonyl (C=O) groups excluding carboxylic acids is 1. The lowest BCUT2D eigenvalue weighted by atomic mass is 10.2. The van der Waals surface area contributed by atoms with Gasteiger partial charge in [0.2, 0.25) is 0 Å². The Balaban J connectivity index is 1.91. The summed E-state index contributed by atoms with van der Waals surface area (Å²) >= 11 is 7.79. The molecule has 3 aromatic rings. The average Bonchev–Trinajstić information content (AvgIpc) is 3.27. The number of rotatable bonds is 10. The van der Waals surface area contributed by atoms with Crippen molar-refractivity contribution in [3.05, 3.63) is 52.6 Å². The highest BCUT2D eigenvalue weighted by Crippen LogP contribution is 2.34. The Morgan fingerprint density at radius 1 is 1.09 bits per heavy atom. The molecule has 2 aromatic carbocycles. The number of likely N-dealkylation sites (N-methyl/N-ethyl adjacent to an activating group) is 1. The minimum absolute atomic E-state index is 0.125. The number of methoxy groups -OCH3 is 2. The van der Waals surface area contributed by atoms with Gasteiger partial charge in [0.15, 0.2) is 16.6 Å². The Kier molecular flexibility index (Phi) is 8.72. The van der Waals surface area contributed by atoms with Crippen molar-refractivity contribution < 1.29 is 14.3 Å². The number of fused-ring (bicyclic) bond motifs is 1. The topological polar surface area (TPSA) is 54.9 Å². The van der Waals surface area contributed by atoms with Crippen molar-refractivity contribution in [3.8, 4) is 11.5 Å². The van der Waals surface area contributed by atoms with E-state index >= 15 is 0 Å². The van der Waals surface area contributed by atoms with Gasteiger partial charge in [-0.1, -0.05) is 42.9 Å². The van der Waals surface area contributed by atoms with Gasteiger partial charge in [-0.15, -0.1) is 0 Å². The highest BCUT2D eigenvalue weighted by atomic mass is 35.5. The van der Waals surface area contributed by atoms with Crippen LogP contribution in [-0.2, 0) is 4.79 Å². The van der Waals surface area contributed by atoms with Gasteiger partial charge in [0.1, 0.15) is 0 Å². The number of aryl methyl sites for hydroxylation is 1. The molecule has 176 valence electrons. The van der Waals surface area contributed by atoms with Crippen molar-refractivity contribution in [1.82, 2.24) is 9.88 Å². The fourth-order valence-electron chi connectivity index (χ4n) is 3.50. The number of thiazole rings is 1. The van der Waals surface area contributed by atoms with E-state index in [0.717, 1.165) is 41.0 Å². The lowest BCUT2D eigenvalue weighted by molar-refractivity contribution is -0.114. The van der Waals surface area contributed by atoms with Crippen LogP contribution in [0.15, 0.2) is 36.4 Å². The monoisotopic (exact) mass is 487 g/mol. The van der Waals surface area contributed by atoms with Crippen molar-refractivity contribution in [2.24, 2.45) is 0 Å². The fraction of sp³-hybridized carbons (Fsp3) is 0.360. The summed E-state index contributed by atoms with van der Waals surface area (Å²) in [6.07, 6.45) is 3.36. The highest BCUT2D eigenvalue weighted by molar-refractivity contribution is 7.22. The van der Waals surface area contributed by atoms with Gasteiger partial charge in [0.05, 0.1) is 24.4 Å². The molecule has 0 aliphatic carbocycles. The van der Waals surface area contributed by atoms with Gasteiger partial charge < -0.3 is 14.4 Å². The van der Waals surface area contributed by atoms with E-state index in [9.17, 15) is 4.79 Å². The van der Waals surface area contributed by atoms with Gasteiger partial charge in [-0.3, -0.25) is 9.69 Å². The molecule has 1 aromatic heterocycles. The summed E-state index contributed by atoms with van der Waals surface area (Å²) in [7, 11) is 3.18. The Morgan fingerprint density at radius 2 is 1.82 bits per heavy atom. The molecule has 0 fully saturated rings. The number of halogens is 1. The molecule has 0 aliphatic heterocycles. The molecule has 8 heteroatoms. The third-order valence-corrected chi connectivity index (χ3v) is 7.05. The molecule has 0 aliphatic rings. The molecule has 3 rings (SSSR count). The van der Waals surface area contributed by atoms with Crippen LogP contribution in [0.3, 0.4) is 0 Å². The number of anilines is 1. The zero-order valence-corrected chi connectivity index (χ0v) is 21.3. The number of ether oxygens (including phenoxy) is 2. The molecule has 0 unspecified atom stereocenters. The van der Waals surface area contributed by atoms with E-state index in [4.69, 9.17) is 26.1 Å². The van der Waals surface area contributed by atoms with Crippen LogP contribution in [0, 0.1) is 6.92 Å². The zero-order chi connectivity index (χ0) is 24.0. The number of hydrogen-bond acceptors (Lipinski definition) is 6. The van der Waals surface area contributed by atoms with Gasteiger partial charge in [0.25, 0.3) is 5.91 Å². The smallest absolute Gasteiger partial charge is 0.252 e. The lowest BCUT2D eigenvalue weighted by Gasteiger charge is -2.23. The van der Waals surface area contributed by atoms with E-state index in [0.29, 0.717) is 28.2 Å². The fourth-order valence-corrected chi connectivity index (χ4v) is 4.71. The minimum Gasteiger partial charge on any atom is -0.493 e. The maximum absolute atomic E-state index is 13.3. The third kappa shape index (κ3) is 5.85. The van der Waals surface area contributed by atoms with Gasteiger partial charge in [-0.2, -0.15) is 0 Å². The minimum atomic E-state index is -0.125. The van der Waals surface area contributed by atoms with Crippen molar-refractivity contribution in [1.29, 1.82) is 0 Å². The maximum atomic E-state index is 13.3. The van der Waals surface area contributed by atoms with Gasteiger partial charge in [-0.05, 0) is 61.5 Å². The van der Waals surface area contributed by atoms with Crippen molar-refractivity contribution >= 4 is 50.3 Å². The van der Waals surface area contributed by atoms with E-state index in [1.165, 1.54) is 11.3 Å². The molecular weight excluding hydrogens is 458 g/mol. The lowest BCUT2D eigenvalue weighted by Crippen LogP contribution is -2.38. The molecule has 1 amide bonds. The van der Waals surface area contributed by atoms with E-state index in [-0.39, 0.29) is 5.91 Å². The van der Waals surface area contributed by atoms with Gasteiger partial charge >= 0.3 is 0 Å². The van der Waals surface area contributed by atoms with Crippen LogP contribution < -0.4 is 14.4 Å². The van der Waals surface area contributed by atoms with E-state index < -0.39 is 0 Å². The first kappa shape index (κ1) is 25.0. The van der Waals surface area contributed by atoms with Crippen LogP contribution in [0.1, 0.15) is 25.0 Å². The Morgan fingerprint density at radius 3 is 2.48 bits per heavy atom. The highest BCUT2D eigenvalue weighted by Gasteiger charge is 2.20. The quantitative estimate of drug-likeness (QED) is 0.345. The summed E-state index contributed by atoms with van der Waals surface area (Å²) in [5.41, 5.74) is 2.61. The SMILES string of the molecule is CCN(CC)CCN(C(=O)/C=C/c1ccc(OC)c(OC)c1)c1nc2c(C)c(Cl)ccc2s1. The van der Waals surface area contributed by atoms with Crippen molar-refractivity contribution in [2.45, 2.75) is 20.8 Å². The summed E-state index contributed by atoms with van der Waals surface area (Å²) < 4.78 is 11.7. The second-order valence-electron chi connectivity index (χ2n) is 7.48. The van der Waals surface area contributed by atoms with Crippen LogP contribution in [0.5, 0.6) is 11.5 Å². The summed E-state index contributed by atoms with van der Waals surface area (Å²) in [6.45, 7) is 9.35. The second kappa shape index (κ2) is 11.5. The normalized spacial score (nSPS) is 11.5. The summed E-state index contributed by atoms with van der Waals surface area (Å²) in [5.74, 6) is 1.13. The van der Waals surface area contributed by atoms with Gasteiger partial charge in [-0.25, -0.2) is 4.98 Å². The Labute approximate surface area is 204 Å². The number of hydrogen-bond donors (Lipinski definition) is 0. The standard InChI is InChI=1S/C25H30ClN3O3S/c1-6-28(7-2)14-15-29(25-27-24-17(3)19(26)10-12-22(24)33-25)23(30)13-9-18-8-11-20(31-4)21(16-18)32-5/h8-13,16H,6-7,14-15H2,1-5H3/b13-9+. The molecule has 0 atom stereocenters. The molecule has 1 heterocycles. The average molecular weight is 488 g/mol. The molecular formula is C25H30ClN3O3S. The van der Waals surface area contributed by atoms with Crippen LogP contribution in [0.4, 0.5) is 5.13 Å². The van der Waals surface area contributed by atoms with Crippen molar-refractivity contribution in [3.63, 3.8) is 0 Å². The number of benzene rings is 2. The zero-order valence-electron chi connectivity index (χ0n) is 19.7. The van der Waals surface area contributed by atoms with Crippen LogP contribution in [0.25, 0.3) is 16.3 Å². The third-order valence-electron chi connectivity index (χ3n) is 5.59. The van der Waals surface area contributed by atoms with E-state index in [1.54, 1.807) is 31.3 Å². The first-order chi connectivity index (χ1) is 15.9. The Bertz CT molecular complexity index is 1140. The second-order valence-corrected chi connectivity index (χ2v) is 8.90. The van der Waals surface area contributed by atoms with E-state index in [1.807, 2.05) is 37.3 Å². The predicted molar refractivity (Wildman–Crippen MR) is 138 cm³/mol. The first-order valence-electron chi connectivity index (χ1n) is 10.9. The molecule has 0 bridgehead atoms. The predicted octanol–water partition coefficient (Wildman–Crippen LogP) is 5.66. The molecule has 0 saturated carbocycles. The maximum Gasteiger partial charge on any atom is 0.252 e. The Hall–Kier alpha value is -2.61. The van der Waals surface area contributed by atoms with Crippen LogP contribution in [0.2, 0.25) is 5.02 Å². The molecule has 33 heavy (non-hydrogen) atoms. The van der Waals surface area contributed by atoms with Crippen LogP contribution in [-0.4, -0.2) is 56.2 Å². The molecule has 0 radical (unpaired) electrons. The summed E-state index contributed by atoms with van der Waals surface area (Å²) in [4.78, 5) is 22.1. The number of carbonyl (C=O) groups is 1. The largest absolute Gasteiger partial charge is 0.493 e. The van der Waals surface area contributed by atoms with Crippen LogP contribution >= 0.6 is 22.9 Å². The number of amides is 1. The molecule has 0 N–H and O–H groups in total. The molecule has 0 spiro atoms. The molecule has 6 nitrogen and oxygen atoms in total. The number of aromatic nitrogens is 1. The first-order valence-corrected chi connectivity index (χ1v) is 12.1. The summed E-state index contributed by atoms with van der Waals surface area (Å²) in [6, 6.07) is 9.38.